The van der Waals surface area contributed by atoms with Crippen LogP contribution in [0, 0.1) is 24.7 Å². The minimum absolute atomic E-state index is 0.254. The molecule has 196 valence electrons. The van der Waals surface area contributed by atoms with E-state index in [-0.39, 0.29) is 5.92 Å². The predicted octanol–water partition coefficient (Wildman–Crippen LogP) is 7.11. The molecule has 1 aliphatic heterocycles. The van der Waals surface area contributed by atoms with E-state index in [2.05, 4.69) is 70.2 Å². The maximum Gasteiger partial charge on any atom is 0.150 e. The average Bonchev–Trinajstić information content (AvgIpc) is 3.12. The number of fused-ring (bicyclic) bond motifs is 1. The van der Waals surface area contributed by atoms with E-state index in [4.69, 9.17) is 9.98 Å². The fourth-order valence-electron chi connectivity index (χ4n) is 6.45. The van der Waals surface area contributed by atoms with Crippen LogP contribution in [0.4, 0.5) is 5.69 Å². The first-order chi connectivity index (χ1) is 17.7. The van der Waals surface area contributed by atoms with Gasteiger partial charge in [0.1, 0.15) is 0 Å². The molecule has 1 fully saturated rings. The van der Waals surface area contributed by atoms with E-state index >= 15 is 0 Å². The third-order valence-corrected chi connectivity index (χ3v) is 10.7. The lowest BCUT2D eigenvalue weighted by Crippen LogP contribution is -2.36. The van der Waals surface area contributed by atoms with Gasteiger partial charge in [-0.1, -0.05) is 36.8 Å². The number of rotatable bonds is 5. The number of hydrogen-bond acceptors (Lipinski definition) is 4. The zero-order valence-corrected chi connectivity index (χ0v) is 23.5. The Morgan fingerprint density at radius 1 is 1.03 bits per heavy atom. The van der Waals surface area contributed by atoms with Crippen LogP contribution in [-0.4, -0.2) is 30.6 Å². The summed E-state index contributed by atoms with van der Waals surface area (Å²) < 4.78 is 23.1. The molecule has 0 bridgehead atoms. The van der Waals surface area contributed by atoms with Crippen LogP contribution in [0.1, 0.15) is 74.8 Å². The van der Waals surface area contributed by atoms with Crippen LogP contribution in [0.3, 0.4) is 0 Å². The molecular formula is C32H40N2O2S. The largest absolute Gasteiger partial charge is 0.260 e. The van der Waals surface area contributed by atoms with E-state index in [1.54, 1.807) is 0 Å². The van der Waals surface area contributed by atoms with Crippen LogP contribution >= 0.6 is 0 Å². The van der Waals surface area contributed by atoms with Crippen molar-refractivity contribution in [3.63, 3.8) is 0 Å². The van der Waals surface area contributed by atoms with Crippen molar-refractivity contribution in [2.24, 2.45) is 22.7 Å². The van der Waals surface area contributed by atoms with Crippen LogP contribution in [0.2, 0.25) is 0 Å². The summed E-state index contributed by atoms with van der Waals surface area (Å²) in [6.45, 7) is 8.80. The van der Waals surface area contributed by atoms with Crippen LogP contribution in [-0.2, 0) is 22.7 Å². The Bertz CT molecular complexity index is 1340. The Labute approximate surface area is 222 Å². The summed E-state index contributed by atoms with van der Waals surface area (Å²) in [5, 5.41) is 0. The van der Waals surface area contributed by atoms with E-state index < -0.39 is 9.84 Å². The highest BCUT2D eigenvalue weighted by Crippen LogP contribution is 2.38. The minimum atomic E-state index is -2.72. The molecule has 0 saturated carbocycles. The molecule has 2 heterocycles. The summed E-state index contributed by atoms with van der Waals surface area (Å²) in [4.78, 5) is 10.0. The van der Waals surface area contributed by atoms with Crippen molar-refractivity contribution in [2.75, 3.05) is 11.5 Å². The van der Waals surface area contributed by atoms with E-state index in [0.717, 1.165) is 42.8 Å². The van der Waals surface area contributed by atoms with Crippen molar-refractivity contribution in [1.82, 2.24) is 4.98 Å². The first-order valence-electron chi connectivity index (χ1n) is 13.9. The van der Waals surface area contributed by atoms with Crippen molar-refractivity contribution in [3.05, 3.63) is 82.2 Å². The Morgan fingerprint density at radius 2 is 1.81 bits per heavy atom. The van der Waals surface area contributed by atoms with Crippen molar-refractivity contribution < 1.29 is 8.42 Å². The molecule has 1 aromatic carbocycles. The maximum absolute atomic E-state index is 11.5. The zero-order chi connectivity index (χ0) is 26.2. The molecule has 1 saturated heterocycles. The Morgan fingerprint density at radius 3 is 2.54 bits per heavy atom. The lowest BCUT2D eigenvalue weighted by atomic mass is 9.83. The number of aromatic nitrogens is 1. The number of benzene rings is 1. The van der Waals surface area contributed by atoms with Gasteiger partial charge in [-0.3, -0.25) is 4.98 Å². The topological polar surface area (TPSA) is 59.4 Å². The van der Waals surface area contributed by atoms with E-state index in [0.29, 0.717) is 29.3 Å². The van der Waals surface area contributed by atoms with Crippen LogP contribution in [0.15, 0.2) is 64.8 Å². The Balaban J connectivity index is 1.38. The minimum Gasteiger partial charge on any atom is -0.260 e. The van der Waals surface area contributed by atoms with Gasteiger partial charge in [-0.05, 0) is 118 Å². The molecule has 3 unspecified atom stereocenters. The van der Waals surface area contributed by atoms with E-state index in [1.165, 1.54) is 40.7 Å². The molecule has 2 aliphatic carbocycles. The van der Waals surface area contributed by atoms with Gasteiger partial charge in [0.25, 0.3) is 0 Å². The van der Waals surface area contributed by atoms with Gasteiger partial charge in [-0.25, -0.2) is 13.4 Å². The number of allylic oxidation sites excluding steroid dienone is 4. The van der Waals surface area contributed by atoms with Gasteiger partial charge in [0.15, 0.2) is 9.84 Å². The second kappa shape index (κ2) is 10.7. The number of hydrogen-bond donors (Lipinski definition) is 0. The summed E-state index contributed by atoms with van der Waals surface area (Å²) in [6.07, 6.45) is 13.2. The smallest absolute Gasteiger partial charge is 0.150 e. The molecule has 3 atom stereocenters. The first kappa shape index (κ1) is 26.1. The molecule has 0 radical (unpaired) electrons. The lowest BCUT2D eigenvalue weighted by Gasteiger charge is -2.27. The van der Waals surface area contributed by atoms with Gasteiger partial charge in [-0.2, -0.15) is 0 Å². The summed E-state index contributed by atoms with van der Waals surface area (Å²) in [6, 6.07) is 10.9. The summed E-state index contributed by atoms with van der Waals surface area (Å²) in [5.74, 6) is 2.42. The van der Waals surface area contributed by atoms with Crippen LogP contribution in [0.5, 0.6) is 0 Å². The molecule has 4 nitrogen and oxygen atoms in total. The molecule has 1 aromatic heterocycles. The Kier molecular flexibility index (Phi) is 7.53. The SMILES string of the molecule is CC1=C(C)C(c2ccc(C)cn2)C(C)C=CC1=Nc1cccc2c1CCCC(CCC1CS(=O)(=O)C1)C2. The van der Waals surface area contributed by atoms with Gasteiger partial charge in [0, 0.05) is 17.8 Å². The quantitative estimate of drug-likeness (QED) is 0.398. The fourth-order valence-corrected chi connectivity index (χ4v) is 8.13. The predicted molar refractivity (Wildman–Crippen MR) is 153 cm³/mol. The molecule has 37 heavy (non-hydrogen) atoms. The second-order valence-corrected chi connectivity index (χ2v) is 13.8. The maximum atomic E-state index is 11.5. The molecular weight excluding hydrogens is 476 g/mol. The van der Waals surface area contributed by atoms with Crippen LogP contribution in [0.25, 0.3) is 0 Å². The molecule has 2 aromatic rings. The van der Waals surface area contributed by atoms with E-state index in [1.807, 2.05) is 6.20 Å². The zero-order valence-electron chi connectivity index (χ0n) is 22.7. The third-order valence-electron chi connectivity index (χ3n) is 8.78. The molecule has 5 rings (SSSR count). The molecule has 0 amide bonds. The second-order valence-electron chi connectivity index (χ2n) is 11.7. The van der Waals surface area contributed by atoms with Crippen molar-refractivity contribution in [1.29, 1.82) is 0 Å². The lowest BCUT2D eigenvalue weighted by molar-refractivity contribution is 0.386. The standard InChI is InChI=1S/C32H40N2O2S/c1-21-11-15-31(33-18-21)32-22(2)12-16-29(23(3)24(32)4)34-30-10-6-8-27-17-25(7-5-9-28(27)30)13-14-26-19-37(35,36)20-26/h6,8,10-12,15-16,18,22,25-26,32H,5,7,9,13-14,17,19-20H2,1-4H3. The molecule has 5 heteroatoms. The van der Waals surface area contributed by atoms with Gasteiger partial charge in [-0.15, -0.1) is 0 Å². The highest BCUT2D eigenvalue weighted by molar-refractivity contribution is 7.92. The average molecular weight is 517 g/mol. The normalized spacial score (nSPS) is 26.9. The van der Waals surface area contributed by atoms with Gasteiger partial charge in [0.2, 0.25) is 0 Å². The third kappa shape index (κ3) is 5.82. The summed E-state index contributed by atoms with van der Waals surface area (Å²) in [5.41, 5.74) is 9.88. The van der Waals surface area contributed by atoms with E-state index in [9.17, 15) is 8.42 Å². The number of pyridine rings is 1. The van der Waals surface area contributed by atoms with Crippen molar-refractivity contribution >= 4 is 21.2 Å². The summed E-state index contributed by atoms with van der Waals surface area (Å²) >= 11 is 0. The fraction of sp³-hybridized carbons (Fsp3) is 0.500. The van der Waals surface area contributed by atoms with Crippen molar-refractivity contribution in [3.8, 4) is 0 Å². The molecule has 0 N–H and O–H groups in total. The number of nitrogens with zero attached hydrogens (tertiary/aromatic N) is 2. The van der Waals surface area contributed by atoms with Gasteiger partial charge in [0.05, 0.1) is 22.9 Å². The monoisotopic (exact) mass is 516 g/mol. The van der Waals surface area contributed by atoms with Gasteiger partial charge < -0.3 is 0 Å². The number of sulfone groups is 1. The number of aliphatic imine (C=N–C) groups is 1. The highest BCUT2D eigenvalue weighted by atomic mass is 32.2. The molecule has 0 spiro atoms. The first-order valence-corrected chi connectivity index (χ1v) is 15.7. The summed E-state index contributed by atoms with van der Waals surface area (Å²) in [7, 11) is -2.72. The van der Waals surface area contributed by atoms with Crippen LogP contribution < -0.4 is 0 Å². The molecule has 3 aliphatic rings. The Hall–Kier alpha value is -2.53. The van der Waals surface area contributed by atoms with Gasteiger partial charge >= 0.3 is 0 Å². The van der Waals surface area contributed by atoms with Crippen molar-refractivity contribution in [2.45, 2.75) is 72.1 Å². The highest BCUT2D eigenvalue weighted by Gasteiger charge is 2.33. The number of aryl methyl sites for hydroxylation is 1.